The summed E-state index contributed by atoms with van der Waals surface area (Å²) in [4.78, 5) is 62.1. The molecule has 1 aliphatic heterocycles. The number of hydrogen-bond donors (Lipinski definition) is 3. The number of carbonyl (C=O) groups is 5. The lowest BCUT2D eigenvalue weighted by Gasteiger charge is -2.19. The molecule has 0 spiro atoms. The summed E-state index contributed by atoms with van der Waals surface area (Å²) in [7, 11) is 0. The number of rotatable bonds is 10. The fourth-order valence-corrected chi connectivity index (χ4v) is 3.70. The fourth-order valence-electron chi connectivity index (χ4n) is 3.70. The number of ether oxygens (including phenoxy) is 1. The van der Waals surface area contributed by atoms with Gasteiger partial charge in [-0.3, -0.25) is 24.1 Å². The van der Waals surface area contributed by atoms with Crippen molar-refractivity contribution in [2.75, 3.05) is 18.4 Å². The molecule has 10 nitrogen and oxygen atoms in total. The number of nitrogens with zero attached hydrogens (tertiary/aromatic N) is 1. The first kappa shape index (κ1) is 27.4. The first-order valence-corrected chi connectivity index (χ1v) is 12.1. The summed E-state index contributed by atoms with van der Waals surface area (Å²) in [5.74, 6) is -1.16. The van der Waals surface area contributed by atoms with Crippen molar-refractivity contribution < 1.29 is 28.7 Å². The van der Waals surface area contributed by atoms with Crippen molar-refractivity contribution in [3.8, 4) is 0 Å². The smallest absolute Gasteiger partial charge is 0.407 e. The van der Waals surface area contributed by atoms with Crippen LogP contribution in [0.2, 0.25) is 0 Å². The number of alkyl carbamates (subject to hydrolysis) is 1. The Kier molecular flexibility index (Phi) is 9.00. The third kappa shape index (κ3) is 8.16. The van der Waals surface area contributed by atoms with Gasteiger partial charge in [0.25, 0.3) is 11.8 Å². The summed E-state index contributed by atoms with van der Waals surface area (Å²) < 4.78 is 5.12. The van der Waals surface area contributed by atoms with Crippen LogP contribution in [-0.4, -0.2) is 53.3 Å². The molecule has 0 atom stereocenters. The van der Waals surface area contributed by atoms with E-state index in [0.717, 1.165) is 5.56 Å². The van der Waals surface area contributed by atoms with E-state index in [-0.39, 0.29) is 56.1 Å². The van der Waals surface area contributed by atoms with Crippen LogP contribution in [0.4, 0.5) is 10.5 Å². The highest BCUT2D eigenvalue weighted by Gasteiger charge is 2.34. The van der Waals surface area contributed by atoms with E-state index in [0.29, 0.717) is 23.2 Å². The van der Waals surface area contributed by atoms with Crippen LogP contribution in [0.5, 0.6) is 0 Å². The van der Waals surface area contributed by atoms with Gasteiger partial charge in [0.1, 0.15) is 5.60 Å². The monoisotopic (exact) mass is 508 g/mol. The minimum atomic E-state index is -0.606. The van der Waals surface area contributed by atoms with Gasteiger partial charge < -0.3 is 20.7 Å². The molecule has 1 heterocycles. The summed E-state index contributed by atoms with van der Waals surface area (Å²) in [6, 6.07) is 13.7. The molecule has 0 fully saturated rings. The molecule has 0 saturated heterocycles. The van der Waals surface area contributed by atoms with Gasteiger partial charge in [0.15, 0.2) is 0 Å². The van der Waals surface area contributed by atoms with Gasteiger partial charge in [-0.25, -0.2) is 4.79 Å². The maximum Gasteiger partial charge on any atom is 0.407 e. The molecule has 196 valence electrons. The van der Waals surface area contributed by atoms with E-state index < -0.39 is 11.7 Å². The highest BCUT2D eigenvalue weighted by molar-refractivity contribution is 6.21. The molecule has 0 aromatic heterocycles. The average molecular weight is 509 g/mol. The molecule has 5 amide bonds. The van der Waals surface area contributed by atoms with Gasteiger partial charge in [-0.2, -0.15) is 0 Å². The molecular weight excluding hydrogens is 476 g/mol. The zero-order valence-electron chi connectivity index (χ0n) is 21.3. The summed E-state index contributed by atoms with van der Waals surface area (Å²) in [6.45, 7) is 5.84. The zero-order chi connectivity index (χ0) is 27.0. The molecular formula is C27H32N4O6. The molecule has 0 aliphatic carbocycles. The maximum atomic E-state index is 12.4. The molecule has 2 aromatic carbocycles. The van der Waals surface area contributed by atoms with E-state index in [2.05, 4.69) is 16.0 Å². The van der Waals surface area contributed by atoms with Gasteiger partial charge in [-0.15, -0.1) is 0 Å². The average Bonchev–Trinajstić information content (AvgIpc) is 3.07. The second-order valence-corrected chi connectivity index (χ2v) is 9.62. The largest absolute Gasteiger partial charge is 0.444 e. The Morgan fingerprint density at radius 2 is 1.54 bits per heavy atom. The quantitative estimate of drug-likeness (QED) is 0.422. The summed E-state index contributed by atoms with van der Waals surface area (Å²) in [5, 5.41) is 8.10. The van der Waals surface area contributed by atoms with Gasteiger partial charge in [-0.05, 0) is 57.0 Å². The molecule has 3 N–H and O–H groups in total. The first-order valence-electron chi connectivity index (χ1n) is 12.1. The molecule has 0 saturated carbocycles. The minimum Gasteiger partial charge on any atom is -0.444 e. The number of nitrogens with one attached hydrogen (secondary N) is 3. The number of fused-ring (bicyclic) bond motifs is 1. The van der Waals surface area contributed by atoms with Crippen LogP contribution < -0.4 is 16.0 Å². The minimum absolute atomic E-state index is 0.1000. The van der Waals surface area contributed by atoms with Gasteiger partial charge in [0.05, 0.1) is 11.1 Å². The highest BCUT2D eigenvalue weighted by Crippen LogP contribution is 2.22. The van der Waals surface area contributed by atoms with Crippen molar-refractivity contribution in [1.82, 2.24) is 15.5 Å². The summed E-state index contributed by atoms with van der Waals surface area (Å²) in [5.41, 5.74) is 1.53. The Morgan fingerprint density at radius 3 is 2.19 bits per heavy atom. The van der Waals surface area contributed by atoms with Crippen molar-refractivity contribution in [2.24, 2.45) is 0 Å². The molecule has 2 aromatic rings. The lowest BCUT2D eigenvalue weighted by atomic mass is 10.1. The van der Waals surface area contributed by atoms with Crippen LogP contribution in [-0.2, 0) is 20.9 Å². The molecule has 10 heteroatoms. The van der Waals surface area contributed by atoms with E-state index in [1.807, 2.05) is 6.07 Å². The molecule has 3 rings (SSSR count). The van der Waals surface area contributed by atoms with Crippen molar-refractivity contribution in [3.63, 3.8) is 0 Å². The van der Waals surface area contributed by atoms with Crippen LogP contribution in [0.25, 0.3) is 0 Å². The summed E-state index contributed by atoms with van der Waals surface area (Å²) in [6.07, 6.45) is -0.000853. The lowest BCUT2D eigenvalue weighted by Crippen LogP contribution is -2.35. The van der Waals surface area contributed by atoms with Crippen LogP contribution in [0.3, 0.4) is 0 Å². The van der Waals surface area contributed by atoms with Crippen LogP contribution in [0.1, 0.15) is 66.3 Å². The van der Waals surface area contributed by atoms with E-state index in [1.54, 1.807) is 63.2 Å². The van der Waals surface area contributed by atoms with Crippen molar-refractivity contribution in [1.29, 1.82) is 0 Å². The number of hydrogen-bond acceptors (Lipinski definition) is 6. The standard InChI is InChI=1S/C27H32N4O6/c1-27(2,3)37-26(36)28-14-13-22(32)29-17-18-8-6-9-19(16-18)30-23(33)12-7-15-31-24(34)20-10-4-5-11-21(20)25(31)35/h4-6,8-11,16H,7,12-15,17H2,1-3H3,(H,28,36)(H,29,32)(H,30,33). The number of carbonyl (C=O) groups excluding carboxylic acids is 5. The number of amides is 5. The van der Waals surface area contributed by atoms with Crippen molar-refractivity contribution in [3.05, 3.63) is 65.2 Å². The van der Waals surface area contributed by atoms with E-state index in [1.165, 1.54) is 4.90 Å². The van der Waals surface area contributed by atoms with E-state index >= 15 is 0 Å². The Labute approximate surface area is 215 Å². The summed E-state index contributed by atoms with van der Waals surface area (Å²) >= 11 is 0. The highest BCUT2D eigenvalue weighted by atomic mass is 16.6. The molecule has 37 heavy (non-hydrogen) atoms. The Balaban J connectivity index is 1.37. The normalized spacial score (nSPS) is 12.7. The SMILES string of the molecule is CC(C)(C)OC(=O)NCCC(=O)NCc1cccc(NC(=O)CCCN2C(=O)c3ccccc3C2=O)c1. The predicted molar refractivity (Wildman–Crippen MR) is 137 cm³/mol. The van der Waals surface area contributed by atoms with Crippen LogP contribution in [0, 0.1) is 0 Å². The van der Waals surface area contributed by atoms with Crippen molar-refractivity contribution >= 4 is 35.4 Å². The number of benzene rings is 2. The van der Waals surface area contributed by atoms with E-state index in [9.17, 15) is 24.0 Å². The third-order valence-corrected chi connectivity index (χ3v) is 5.38. The van der Waals surface area contributed by atoms with Crippen LogP contribution in [0.15, 0.2) is 48.5 Å². The van der Waals surface area contributed by atoms with Crippen molar-refractivity contribution in [2.45, 2.75) is 52.2 Å². The Bertz CT molecular complexity index is 1150. The zero-order valence-corrected chi connectivity index (χ0v) is 21.3. The van der Waals surface area contributed by atoms with Gasteiger partial charge in [0, 0.05) is 38.2 Å². The van der Waals surface area contributed by atoms with Gasteiger partial charge in [-0.1, -0.05) is 24.3 Å². The predicted octanol–water partition coefficient (Wildman–Crippen LogP) is 3.23. The lowest BCUT2D eigenvalue weighted by molar-refractivity contribution is -0.121. The third-order valence-electron chi connectivity index (χ3n) is 5.38. The molecule has 0 bridgehead atoms. The maximum absolute atomic E-state index is 12.4. The number of anilines is 1. The Morgan fingerprint density at radius 1 is 0.865 bits per heavy atom. The van der Waals surface area contributed by atoms with Gasteiger partial charge >= 0.3 is 6.09 Å². The molecule has 1 aliphatic rings. The fraction of sp³-hybridized carbons (Fsp3) is 0.370. The van der Waals surface area contributed by atoms with E-state index in [4.69, 9.17) is 4.74 Å². The molecule has 0 unspecified atom stereocenters. The Hall–Kier alpha value is -4.21. The topological polar surface area (TPSA) is 134 Å². The first-order chi connectivity index (χ1) is 17.5. The second-order valence-electron chi connectivity index (χ2n) is 9.62. The molecule has 0 radical (unpaired) electrons. The van der Waals surface area contributed by atoms with Gasteiger partial charge in [0.2, 0.25) is 11.8 Å². The van der Waals surface area contributed by atoms with Crippen LogP contribution >= 0.6 is 0 Å². The second kappa shape index (κ2) is 12.2. The number of imide groups is 1.